The van der Waals surface area contributed by atoms with Crippen LogP contribution in [0.5, 0.6) is 5.75 Å². The number of benzene rings is 2. The molecule has 28 heavy (non-hydrogen) atoms. The molecule has 2 aliphatic rings. The molecule has 3 aromatic rings. The molecule has 1 saturated heterocycles. The average molecular weight is 377 g/mol. The highest BCUT2D eigenvalue weighted by molar-refractivity contribution is 5.98. The van der Waals surface area contributed by atoms with Gasteiger partial charge in [-0.3, -0.25) is 4.79 Å². The second kappa shape index (κ2) is 6.60. The minimum absolute atomic E-state index is 0.0461. The Hall–Kier alpha value is -2.93. The van der Waals surface area contributed by atoms with E-state index < -0.39 is 0 Å². The second-order valence-corrected chi connectivity index (χ2v) is 7.77. The maximum absolute atomic E-state index is 13.1. The molecular formula is C21H23N5O2. The third kappa shape index (κ3) is 2.92. The Kier molecular flexibility index (Phi) is 4.05. The number of H-pyrrole nitrogens is 1. The molecule has 1 spiro atoms. The molecule has 0 atom stereocenters. The number of carbonyl (C=O) groups is 1. The molecule has 7 nitrogen and oxygen atoms in total. The van der Waals surface area contributed by atoms with Gasteiger partial charge in [0.1, 0.15) is 22.4 Å². The highest BCUT2D eigenvalue weighted by atomic mass is 16.5. The Labute approximate surface area is 163 Å². The number of aryl methyl sites for hydroxylation is 1. The van der Waals surface area contributed by atoms with Crippen molar-refractivity contribution in [1.29, 1.82) is 0 Å². The lowest BCUT2D eigenvalue weighted by molar-refractivity contribution is 0.00769. The van der Waals surface area contributed by atoms with Crippen molar-refractivity contribution in [3.05, 3.63) is 53.1 Å². The lowest BCUT2D eigenvalue weighted by Gasteiger charge is -2.41. The van der Waals surface area contributed by atoms with Crippen LogP contribution in [0, 0.1) is 6.92 Å². The topological polar surface area (TPSA) is 83.1 Å². The van der Waals surface area contributed by atoms with Gasteiger partial charge in [-0.1, -0.05) is 18.2 Å². The average Bonchev–Trinajstić information content (AvgIpc) is 3.11. The van der Waals surface area contributed by atoms with Crippen molar-refractivity contribution in [2.24, 2.45) is 0 Å². The molecule has 2 aromatic carbocycles. The standard InChI is InChI=1S/C21H23N5O2/c1-14-10-16(11-17-19(14)24-25-23-17)20(27)26-8-6-21(7-9-26)13-22-12-15-4-2-3-5-18(15)28-21/h2-5,10-11,22H,6-9,12-13H2,1H3,(H,23,24,25). The molecule has 1 aromatic heterocycles. The van der Waals surface area contributed by atoms with E-state index >= 15 is 0 Å². The number of likely N-dealkylation sites (tertiary alicyclic amines) is 1. The number of ether oxygens (including phenoxy) is 1. The van der Waals surface area contributed by atoms with Crippen molar-refractivity contribution >= 4 is 16.9 Å². The summed E-state index contributed by atoms with van der Waals surface area (Å²) >= 11 is 0. The lowest BCUT2D eigenvalue weighted by atomic mass is 9.90. The fraction of sp³-hybridized carbons (Fsp3) is 0.381. The normalized spacial score (nSPS) is 18.5. The molecule has 3 heterocycles. The monoisotopic (exact) mass is 377 g/mol. The maximum atomic E-state index is 13.1. The number of hydrogen-bond donors (Lipinski definition) is 2. The Morgan fingerprint density at radius 2 is 2.00 bits per heavy atom. The summed E-state index contributed by atoms with van der Waals surface area (Å²) in [6.07, 6.45) is 1.62. The van der Waals surface area contributed by atoms with Gasteiger partial charge in [-0.25, -0.2) is 0 Å². The first kappa shape index (κ1) is 17.2. The van der Waals surface area contributed by atoms with Gasteiger partial charge in [0.25, 0.3) is 5.91 Å². The Morgan fingerprint density at radius 1 is 1.18 bits per heavy atom. The van der Waals surface area contributed by atoms with Gasteiger partial charge in [-0.2, -0.15) is 15.4 Å². The molecular weight excluding hydrogens is 354 g/mol. The first-order valence-electron chi connectivity index (χ1n) is 9.72. The number of piperidine rings is 1. The van der Waals surface area contributed by atoms with Crippen molar-refractivity contribution in [2.75, 3.05) is 19.6 Å². The fourth-order valence-electron chi connectivity index (χ4n) is 4.27. The smallest absolute Gasteiger partial charge is 0.253 e. The first-order chi connectivity index (χ1) is 13.6. The molecule has 5 rings (SSSR count). The molecule has 1 amide bonds. The summed E-state index contributed by atoms with van der Waals surface area (Å²) in [6.45, 7) is 4.93. The van der Waals surface area contributed by atoms with Gasteiger partial charge in [0, 0.05) is 50.1 Å². The molecule has 0 radical (unpaired) electrons. The number of hydrogen-bond acceptors (Lipinski definition) is 5. The number of fused-ring (bicyclic) bond motifs is 2. The van der Waals surface area contributed by atoms with Crippen LogP contribution in [-0.2, 0) is 6.54 Å². The van der Waals surface area contributed by atoms with E-state index in [1.54, 1.807) is 0 Å². The maximum Gasteiger partial charge on any atom is 0.253 e. The quantitative estimate of drug-likeness (QED) is 0.681. The molecule has 2 aliphatic heterocycles. The Balaban J connectivity index is 1.33. The van der Waals surface area contributed by atoms with E-state index in [2.05, 4.69) is 26.8 Å². The summed E-state index contributed by atoms with van der Waals surface area (Å²) in [6, 6.07) is 11.9. The summed E-state index contributed by atoms with van der Waals surface area (Å²) in [5.41, 5.74) is 4.09. The van der Waals surface area contributed by atoms with Crippen molar-refractivity contribution in [3.63, 3.8) is 0 Å². The van der Waals surface area contributed by atoms with Gasteiger partial charge in [-0.15, -0.1) is 0 Å². The summed E-state index contributed by atoms with van der Waals surface area (Å²) in [5.74, 6) is 1.00. The number of para-hydroxylation sites is 1. The molecule has 0 bridgehead atoms. The summed E-state index contributed by atoms with van der Waals surface area (Å²) in [4.78, 5) is 15.0. The highest BCUT2D eigenvalue weighted by Gasteiger charge is 2.39. The molecule has 0 unspecified atom stereocenters. The van der Waals surface area contributed by atoms with E-state index in [9.17, 15) is 4.79 Å². The van der Waals surface area contributed by atoms with Gasteiger partial charge in [0.05, 0.1) is 0 Å². The van der Waals surface area contributed by atoms with Crippen LogP contribution in [0.4, 0.5) is 0 Å². The number of rotatable bonds is 1. The minimum Gasteiger partial charge on any atom is -0.485 e. The highest BCUT2D eigenvalue weighted by Crippen LogP contribution is 2.33. The third-order valence-electron chi connectivity index (χ3n) is 5.88. The molecule has 0 aliphatic carbocycles. The van der Waals surface area contributed by atoms with E-state index in [4.69, 9.17) is 4.74 Å². The van der Waals surface area contributed by atoms with Crippen molar-refractivity contribution in [1.82, 2.24) is 25.6 Å². The molecule has 0 saturated carbocycles. The number of aromatic nitrogens is 3. The largest absolute Gasteiger partial charge is 0.485 e. The van der Waals surface area contributed by atoms with Crippen LogP contribution >= 0.6 is 0 Å². The van der Waals surface area contributed by atoms with Crippen LogP contribution < -0.4 is 10.1 Å². The Bertz CT molecular complexity index is 1040. The van der Waals surface area contributed by atoms with Crippen molar-refractivity contribution in [2.45, 2.75) is 31.9 Å². The minimum atomic E-state index is -0.255. The fourth-order valence-corrected chi connectivity index (χ4v) is 4.27. The number of nitrogens with zero attached hydrogens (tertiary/aromatic N) is 3. The zero-order valence-corrected chi connectivity index (χ0v) is 15.9. The molecule has 2 N–H and O–H groups in total. The zero-order chi connectivity index (χ0) is 19.1. The molecule has 7 heteroatoms. The number of carbonyl (C=O) groups excluding carboxylic acids is 1. The van der Waals surface area contributed by atoms with Gasteiger partial charge < -0.3 is 15.0 Å². The number of aromatic amines is 1. The van der Waals surface area contributed by atoms with Crippen molar-refractivity contribution < 1.29 is 9.53 Å². The third-order valence-corrected chi connectivity index (χ3v) is 5.88. The summed E-state index contributed by atoms with van der Waals surface area (Å²) in [7, 11) is 0. The van der Waals surface area contributed by atoms with Crippen LogP contribution in [0.15, 0.2) is 36.4 Å². The van der Waals surface area contributed by atoms with Crippen LogP contribution in [0.3, 0.4) is 0 Å². The van der Waals surface area contributed by atoms with E-state index in [0.717, 1.165) is 48.3 Å². The van der Waals surface area contributed by atoms with Gasteiger partial charge in [0.2, 0.25) is 0 Å². The lowest BCUT2D eigenvalue weighted by Crippen LogP contribution is -2.53. The Morgan fingerprint density at radius 3 is 2.86 bits per heavy atom. The molecule has 1 fully saturated rings. The van der Waals surface area contributed by atoms with E-state index in [1.807, 2.05) is 42.2 Å². The van der Waals surface area contributed by atoms with Gasteiger partial charge in [0.15, 0.2) is 0 Å². The molecule has 144 valence electrons. The van der Waals surface area contributed by atoms with E-state index in [-0.39, 0.29) is 11.5 Å². The van der Waals surface area contributed by atoms with Crippen LogP contribution in [0.25, 0.3) is 11.0 Å². The van der Waals surface area contributed by atoms with Crippen molar-refractivity contribution in [3.8, 4) is 5.75 Å². The summed E-state index contributed by atoms with van der Waals surface area (Å²) < 4.78 is 6.46. The van der Waals surface area contributed by atoms with E-state index in [0.29, 0.717) is 18.7 Å². The van der Waals surface area contributed by atoms with Crippen LogP contribution in [0.1, 0.15) is 34.3 Å². The van der Waals surface area contributed by atoms with Crippen LogP contribution in [-0.4, -0.2) is 51.5 Å². The number of amides is 1. The predicted octanol–water partition coefficient (Wildman–Crippen LogP) is 2.42. The summed E-state index contributed by atoms with van der Waals surface area (Å²) in [5, 5.41) is 14.4. The SMILES string of the molecule is Cc1cc(C(=O)N2CCC3(CC2)CNCc2ccccc2O3)cc2n[nH]nc12. The predicted molar refractivity (Wildman–Crippen MR) is 105 cm³/mol. The van der Waals surface area contributed by atoms with Gasteiger partial charge in [-0.05, 0) is 30.7 Å². The second-order valence-electron chi connectivity index (χ2n) is 7.77. The first-order valence-corrected chi connectivity index (χ1v) is 9.72. The number of nitrogens with one attached hydrogen (secondary N) is 2. The zero-order valence-electron chi connectivity index (χ0n) is 15.9. The van der Waals surface area contributed by atoms with Gasteiger partial charge >= 0.3 is 0 Å². The van der Waals surface area contributed by atoms with Crippen LogP contribution in [0.2, 0.25) is 0 Å². The van der Waals surface area contributed by atoms with E-state index in [1.165, 1.54) is 5.56 Å².